The number of benzene rings is 2. The molecule has 0 spiro atoms. The van der Waals surface area contributed by atoms with Crippen LogP contribution in [0.3, 0.4) is 0 Å². The summed E-state index contributed by atoms with van der Waals surface area (Å²) in [4.78, 5) is 16.7. The van der Waals surface area contributed by atoms with Crippen molar-refractivity contribution in [2.75, 3.05) is 6.61 Å². The van der Waals surface area contributed by atoms with E-state index in [2.05, 4.69) is 9.71 Å². The SMILES string of the molecule is CC(C)(C)OCC(NS(=O)(=O)c1cc2cc(F)ccc2o1)C(=O)CCc1cccc(-c2ccc(C(F)(F)F)nc2)c1. The first-order valence-corrected chi connectivity index (χ1v) is 14.1. The first-order valence-electron chi connectivity index (χ1n) is 12.6. The summed E-state index contributed by atoms with van der Waals surface area (Å²) < 4.78 is 91.8. The second-order valence-corrected chi connectivity index (χ2v) is 12.1. The van der Waals surface area contributed by atoms with E-state index in [0.29, 0.717) is 16.7 Å². The molecule has 1 unspecified atom stereocenters. The number of hydrogen-bond acceptors (Lipinski definition) is 6. The van der Waals surface area contributed by atoms with Crippen LogP contribution in [0.15, 0.2) is 76.4 Å². The van der Waals surface area contributed by atoms with E-state index in [4.69, 9.17) is 9.15 Å². The molecule has 0 fully saturated rings. The smallest absolute Gasteiger partial charge is 0.433 e. The molecule has 4 rings (SSSR count). The van der Waals surface area contributed by atoms with Crippen molar-refractivity contribution in [3.05, 3.63) is 83.9 Å². The van der Waals surface area contributed by atoms with Crippen molar-refractivity contribution in [2.24, 2.45) is 0 Å². The number of nitrogens with zero attached hydrogens (tertiary/aromatic N) is 1. The minimum atomic E-state index is -4.54. The number of carbonyl (C=O) groups is 1. The Hall–Kier alpha value is -3.61. The van der Waals surface area contributed by atoms with Crippen molar-refractivity contribution in [1.82, 2.24) is 9.71 Å². The molecule has 0 aliphatic rings. The Bertz CT molecular complexity index is 1640. The van der Waals surface area contributed by atoms with Crippen LogP contribution in [0.4, 0.5) is 17.6 Å². The van der Waals surface area contributed by atoms with Crippen LogP contribution in [0.1, 0.15) is 38.4 Å². The zero-order chi connectivity index (χ0) is 30.0. The number of aryl methyl sites for hydroxylation is 1. The third-order valence-electron chi connectivity index (χ3n) is 6.06. The van der Waals surface area contributed by atoms with Crippen LogP contribution in [0, 0.1) is 5.82 Å². The highest BCUT2D eigenvalue weighted by Gasteiger charge is 2.32. The van der Waals surface area contributed by atoms with E-state index in [-0.39, 0.29) is 30.4 Å². The van der Waals surface area contributed by atoms with Gasteiger partial charge in [0.1, 0.15) is 23.1 Å². The third kappa shape index (κ3) is 7.99. The predicted octanol–water partition coefficient (Wildman–Crippen LogP) is 6.32. The zero-order valence-corrected chi connectivity index (χ0v) is 23.3. The first-order chi connectivity index (χ1) is 19.1. The summed E-state index contributed by atoms with van der Waals surface area (Å²) in [5.41, 5.74) is 0.318. The van der Waals surface area contributed by atoms with Gasteiger partial charge in [0.15, 0.2) is 5.78 Å². The highest BCUT2D eigenvalue weighted by Crippen LogP contribution is 2.29. The van der Waals surface area contributed by atoms with Gasteiger partial charge in [-0.3, -0.25) is 9.78 Å². The largest absolute Gasteiger partial charge is 0.443 e. The van der Waals surface area contributed by atoms with E-state index in [1.54, 1.807) is 45.0 Å². The monoisotopic (exact) mass is 592 g/mol. The van der Waals surface area contributed by atoms with Crippen molar-refractivity contribution >= 4 is 26.8 Å². The van der Waals surface area contributed by atoms with Gasteiger partial charge in [-0.25, -0.2) is 12.8 Å². The van der Waals surface area contributed by atoms with Gasteiger partial charge >= 0.3 is 6.18 Å². The number of nitrogens with one attached hydrogen (secondary N) is 1. The number of Topliss-reactive ketones (excluding diaryl/α,β-unsaturated/α-hetero) is 1. The molecule has 218 valence electrons. The summed E-state index contributed by atoms with van der Waals surface area (Å²) in [6.07, 6.45) is -3.23. The van der Waals surface area contributed by atoms with E-state index >= 15 is 0 Å². The highest BCUT2D eigenvalue weighted by atomic mass is 32.2. The van der Waals surface area contributed by atoms with Gasteiger partial charge in [0.2, 0.25) is 5.09 Å². The molecular weight excluding hydrogens is 564 g/mol. The van der Waals surface area contributed by atoms with Crippen LogP contribution in [0.25, 0.3) is 22.1 Å². The lowest BCUT2D eigenvalue weighted by Crippen LogP contribution is -2.45. The Balaban J connectivity index is 1.49. The van der Waals surface area contributed by atoms with Crippen molar-refractivity contribution in [3.8, 4) is 11.1 Å². The molecule has 7 nitrogen and oxygen atoms in total. The summed E-state index contributed by atoms with van der Waals surface area (Å²) in [6.45, 7) is 5.04. The molecule has 0 amide bonds. The Morgan fingerprint density at radius 2 is 1.78 bits per heavy atom. The van der Waals surface area contributed by atoms with Crippen LogP contribution in [0.2, 0.25) is 0 Å². The maximum atomic E-state index is 13.6. The van der Waals surface area contributed by atoms with Gasteiger partial charge in [-0.1, -0.05) is 30.3 Å². The number of pyridine rings is 1. The average molecular weight is 593 g/mol. The van der Waals surface area contributed by atoms with E-state index in [1.807, 2.05) is 0 Å². The molecule has 41 heavy (non-hydrogen) atoms. The van der Waals surface area contributed by atoms with Crippen molar-refractivity contribution < 1.29 is 39.9 Å². The summed E-state index contributed by atoms with van der Waals surface area (Å²) in [5, 5.41) is -0.216. The summed E-state index contributed by atoms with van der Waals surface area (Å²) in [7, 11) is -4.31. The number of ether oxygens (including phenoxy) is 1. The first kappa shape index (κ1) is 30.4. The summed E-state index contributed by atoms with van der Waals surface area (Å²) in [6, 6.07) is 12.6. The van der Waals surface area contributed by atoms with Crippen LogP contribution in [-0.2, 0) is 32.2 Å². The molecule has 0 radical (unpaired) electrons. The lowest BCUT2D eigenvalue weighted by Gasteiger charge is -2.24. The normalized spacial score (nSPS) is 13.4. The fraction of sp³-hybridized carbons (Fsp3) is 0.310. The molecule has 0 saturated carbocycles. The summed E-state index contributed by atoms with van der Waals surface area (Å²) >= 11 is 0. The molecule has 2 aromatic heterocycles. The second-order valence-electron chi connectivity index (χ2n) is 10.4. The molecule has 0 saturated heterocycles. The molecule has 12 heteroatoms. The van der Waals surface area contributed by atoms with Gasteiger partial charge in [0.05, 0.1) is 12.2 Å². The topological polar surface area (TPSA) is 98.5 Å². The van der Waals surface area contributed by atoms with E-state index in [9.17, 15) is 30.8 Å². The molecule has 4 aromatic rings. The Labute approximate surface area is 234 Å². The third-order valence-corrected chi connectivity index (χ3v) is 7.39. The average Bonchev–Trinajstić information content (AvgIpc) is 3.33. The van der Waals surface area contributed by atoms with Crippen LogP contribution < -0.4 is 4.72 Å². The summed E-state index contributed by atoms with van der Waals surface area (Å²) in [5.74, 6) is -0.998. The number of ketones is 1. The number of carbonyl (C=O) groups excluding carboxylic acids is 1. The predicted molar refractivity (Wildman–Crippen MR) is 144 cm³/mol. The van der Waals surface area contributed by atoms with Crippen molar-refractivity contribution in [3.63, 3.8) is 0 Å². The number of sulfonamides is 1. The van der Waals surface area contributed by atoms with E-state index < -0.39 is 50.2 Å². The molecule has 2 aromatic carbocycles. The molecule has 1 N–H and O–H groups in total. The lowest BCUT2D eigenvalue weighted by molar-refractivity contribution is -0.141. The number of alkyl halides is 3. The minimum absolute atomic E-state index is 0.0548. The zero-order valence-electron chi connectivity index (χ0n) is 22.5. The van der Waals surface area contributed by atoms with Crippen LogP contribution in [-0.4, -0.2) is 37.4 Å². The van der Waals surface area contributed by atoms with Crippen LogP contribution in [0.5, 0.6) is 0 Å². The van der Waals surface area contributed by atoms with Gasteiger partial charge in [-0.15, -0.1) is 0 Å². The van der Waals surface area contributed by atoms with Gasteiger partial charge in [-0.05, 0) is 62.6 Å². The number of furan rings is 1. The highest BCUT2D eigenvalue weighted by molar-refractivity contribution is 7.89. The molecule has 0 aliphatic carbocycles. The van der Waals surface area contributed by atoms with E-state index in [0.717, 1.165) is 24.4 Å². The maximum Gasteiger partial charge on any atom is 0.433 e. The maximum absolute atomic E-state index is 13.6. The Kier molecular flexibility index (Phi) is 8.67. The molecule has 0 aliphatic heterocycles. The number of aromatic nitrogens is 1. The lowest BCUT2D eigenvalue weighted by atomic mass is 9.99. The fourth-order valence-corrected chi connectivity index (χ4v) is 5.15. The number of hydrogen-bond donors (Lipinski definition) is 1. The quantitative estimate of drug-likeness (QED) is 0.217. The van der Waals surface area contributed by atoms with Crippen molar-refractivity contribution in [1.29, 1.82) is 0 Å². The minimum Gasteiger partial charge on any atom is -0.443 e. The molecule has 1 atom stereocenters. The number of fused-ring (bicyclic) bond motifs is 1. The van der Waals surface area contributed by atoms with Crippen molar-refractivity contribution in [2.45, 2.75) is 56.5 Å². The van der Waals surface area contributed by atoms with Gasteiger partial charge in [-0.2, -0.15) is 17.9 Å². The number of rotatable bonds is 10. The fourth-order valence-electron chi connectivity index (χ4n) is 3.97. The van der Waals surface area contributed by atoms with Gasteiger partial charge in [0.25, 0.3) is 10.0 Å². The van der Waals surface area contributed by atoms with E-state index in [1.165, 1.54) is 18.2 Å². The molecule has 0 bridgehead atoms. The second kappa shape index (κ2) is 11.7. The van der Waals surface area contributed by atoms with Crippen LogP contribution >= 0.6 is 0 Å². The molecular formula is C29H28F4N2O5S. The standard InChI is InChI=1S/C29H28F4N2O5S/c1-28(2,3)39-17-23(35-41(37,38)27-15-21-14-22(30)9-11-25(21)40-27)24(36)10-7-18-5-4-6-19(13-18)20-8-12-26(34-16-20)29(31,32)33/h4-6,8-9,11-16,23,35H,7,10,17H2,1-3H3. The molecule has 2 heterocycles. The Morgan fingerprint density at radius 1 is 1.02 bits per heavy atom. The Morgan fingerprint density at radius 3 is 2.44 bits per heavy atom. The van der Waals surface area contributed by atoms with Gasteiger partial charge < -0.3 is 9.15 Å². The van der Waals surface area contributed by atoms with Gasteiger partial charge in [0, 0.05) is 29.6 Å². The number of halogens is 4.